The third-order valence-electron chi connectivity index (χ3n) is 14.6. The summed E-state index contributed by atoms with van der Waals surface area (Å²) in [6.45, 7) is 0. The summed E-state index contributed by atoms with van der Waals surface area (Å²) in [4.78, 5) is 2.47. The van der Waals surface area contributed by atoms with Crippen LogP contribution in [0, 0.1) is 0 Å². The van der Waals surface area contributed by atoms with Crippen LogP contribution in [-0.2, 0) is 5.41 Å². The molecule has 0 bridgehead atoms. The zero-order chi connectivity index (χ0) is 44.1. The second-order valence-electron chi connectivity index (χ2n) is 18.0. The van der Waals surface area contributed by atoms with Gasteiger partial charge in [-0.25, -0.2) is 0 Å². The molecule has 0 saturated carbocycles. The van der Waals surface area contributed by atoms with Gasteiger partial charge in [0.2, 0.25) is 0 Å². The fourth-order valence-electron chi connectivity index (χ4n) is 11.7. The molecule has 2 aliphatic rings. The summed E-state index contributed by atoms with van der Waals surface area (Å²) < 4.78 is 2.40. The average Bonchev–Trinajstić information content (AvgIpc) is 4.01. The Bertz CT molecular complexity index is 3850. The summed E-state index contributed by atoms with van der Waals surface area (Å²) in [5.74, 6) is 0. The number of rotatable bonds is 6. The number of para-hydroxylation sites is 1. The molecule has 11 aromatic carbocycles. The summed E-state index contributed by atoms with van der Waals surface area (Å²) in [6, 6.07) is 94.3. The minimum atomic E-state index is -0.434. The maximum Gasteiger partial charge on any atom is 0.0726 e. The first-order chi connectivity index (χ1) is 33.2. The van der Waals surface area contributed by atoms with Gasteiger partial charge < -0.3 is 9.47 Å². The Morgan fingerprint density at radius 2 is 0.806 bits per heavy atom. The van der Waals surface area contributed by atoms with Gasteiger partial charge in [0.25, 0.3) is 0 Å². The molecule has 0 aliphatic heterocycles. The fourth-order valence-corrected chi connectivity index (χ4v) is 11.7. The van der Waals surface area contributed by atoms with Gasteiger partial charge in [0.05, 0.1) is 22.1 Å². The van der Waals surface area contributed by atoms with Crippen molar-refractivity contribution in [1.29, 1.82) is 0 Å². The lowest BCUT2D eigenvalue weighted by Gasteiger charge is -2.32. The molecule has 0 unspecified atom stereocenters. The molecule has 2 nitrogen and oxygen atoms in total. The second kappa shape index (κ2) is 14.7. The highest BCUT2D eigenvalue weighted by Crippen LogP contribution is 2.63. The predicted molar refractivity (Wildman–Crippen MR) is 280 cm³/mol. The van der Waals surface area contributed by atoms with Gasteiger partial charge in [0.1, 0.15) is 0 Å². The normalized spacial score (nSPS) is 12.9. The summed E-state index contributed by atoms with van der Waals surface area (Å²) in [5, 5.41) is 4.91. The number of anilines is 3. The first-order valence-corrected chi connectivity index (χ1v) is 23.3. The van der Waals surface area contributed by atoms with Gasteiger partial charge in [0, 0.05) is 33.2 Å². The number of hydrogen-bond acceptors (Lipinski definition) is 1. The van der Waals surface area contributed by atoms with Gasteiger partial charge in [-0.05, 0) is 133 Å². The molecule has 67 heavy (non-hydrogen) atoms. The smallest absolute Gasteiger partial charge is 0.0726 e. The van der Waals surface area contributed by atoms with Crippen LogP contribution in [0.4, 0.5) is 17.1 Å². The van der Waals surface area contributed by atoms with Gasteiger partial charge in [-0.1, -0.05) is 194 Å². The molecular formula is C65H42N2. The molecule has 1 heterocycles. The van der Waals surface area contributed by atoms with E-state index in [4.69, 9.17) is 0 Å². The Labute approximate surface area is 389 Å². The fraction of sp³-hybridized carbons (Fsp3) is 0.0154. The summed E-state index contributed by atoms with van der Waals surface area (Å²) in [6.07, 6.45) is 0. The number of hydrogen-bond donors (Lipinski definition) is 0. The second-order valence-corrected chi connectivity index (χ2v) is 18.0. The van der Waals surface area contributed by atoms with Gasteiger partial charge in [-0.3, -0.25) is 0 Å². The highest BCUT2D eigenvalue weighted by atomic mass is 15.1. The highest BCUT2D eigenvalue weighted by molar-refractivity contribution is 6.10. The molecular weight excluding hydrogens is 809 g/mol. The van der Waals surface area contributed by atoms with Crippen molar-refractivity contribution in [3.63, 3.8) is 0 Å². The summed E-state index contributed by atoms with van der Waals surface area (Å²) in [5.41, 5.74) is 21.9. The van der Waals surface area contributed by atoms with Crippen molar-refractivity contribution >= 4 is 49.6 Å². The third kappa shape index (κ3) is 5.51. The van der Waals surface area contributed by atoms with Crippen molar-refractivity contribution < 1.29 is 0 Å². The molecule has 0 fully saturated rings. The maximum absolute atomic E-state index is 2.49. The monoisotopic (exact) mass is 850 g/mol. The van der Waals surface area contributed by atoms with Gasteiger partial charge in [-0.15, -0.1) is 0 Å². The number of benzene rings is 11. The molecule has 0 saturated heterocycles. The first-order valence-electron chi connectivity index (χ1n) is 23.3. The van der Waals surface area contributed by atoms with Gasteiger partial charge >= 0.3 is 0 Å². The molecule has 312 valence electrons. The molecule has 14 rings (SSSR count). The molecule has 2 aliphatic carbocycles. The standard InChI is InChI=1S/C65H42N2/c1-2-15-43(16-3-1)44-29-36-49(37-30-44)67-63-27-13-9-23-56(63)57-41-47(33-40-64(57)67)45-31-34-48(35-32-45)66(62-28-14-18-46-17-4-5-19-51(46)62)50-38-39-55-54-22-8-12-26-60(54)65(61(55)42-50)58-24-10-6-20-52(58)53-21-7-11-25-59(53)65/h1-42H. The Kier molecular flexibility index (Phi) is 8.23. The zero-order valence-electron chi connectivity index (χ0n) is 36.6. The first kappa shape index (κ1) is 37.6. The van der Waals surface area contributed by atoms with Crippen LogP contribution in [0.25, 0.3) is 82.8 Å². The molecule has 1 spiro atoms. The molecule has 0 atom stereocenters. The van der Waals surface area contributed by atoms with Crippen LogP contribution in [0.1, 0.15) is 22.3 Å². The lowest BCUT2D eigenvalue weighted by Crippen LogP contribution is -2.26. The van der Waals surface area contributed by atoms with E-state index in [2.05, 4.69) is 264 Å². The molecule has 0 N–H and O–H groups in total. The van der Waals surface area contributed by atoms with Crippen LogP contribution >= 0.6 is 0 Å². The van der Waals surface area contributed by atoms with Crippen LogP contribution in [0.3, 0.4) is 0 Å². The van der Waals surface area contributed by atoms with Crippen molar-refractivity contribution in [1.82, 2.24) is 4.57 Å². The third-order valence-corrected chi connectivity index (χ3v) is 14.6. The number of nitrogens with zero attached hydrogens (tertiary/aromatic N) is 2. The quantitative estimate of drug-likeness (QED) is 0.162. The lowest BCUT2D eigenvalue weighted by atomic mass is 9.70. The Morgan fingerprint density at radius 1 is 0.299 bits per heavy atom. The van der Waals surface area contributed by atoms with E-state index >= 15 is 0 Å². The van der Waals surface area contributed by atoms with E-state index in [1.54, 1.807) is 0 Å². The minimum absolute atomic E-state index is 0.434. The van der Waals surface area contributed by atoms with E-state index in [9.17, 15) is 0 Å². The zero-order valence-corrected chi connectivity index (χ0v) is 36.6. The SMILES string of the molecule is c1ccc(-c2ccc(-n3c4ccccc4c4cc(-c5ccc(N(c6ccc7c(c6)C6(c8ccccc8-c8ccccc86)c6ccccc6-7)c6cccc7ccccc67)cc5)ccc43)cc2)cc1. The predicted octanol–water partition coefficient (Wildman–Crippen LogP) is 17.1. The van der Waals surface area contributed by atoms with Crippen molar-refractivity contribution in [2.75, 3.05) is 4.90 Å². The van der Waals surface area contributed by atoms with E-state index in [0.29, 0.717) is 0 Å². The molecule has 0 radical (unpaired) electrons. The van der Waals surface area contributed by atoms with Crippen molar-refractivity contribution in [3.8, 4) is 50.2 Å². The maximum atomic E-state index is 2.49. The van der Waals surface area contributed by atoms with Crippen LogP contribution in [-0.4, -0.2) is 4.57 Å². The Morgan fingerprint density at radius 3 is 1.52 bits per heavy atom. The summed E-state index contributed by atoms with van der Waals surface area (Å²) in [7, 11) is 0. The molecule has 12 aromatic rings. The van der Waals surface area contributed by atoms with E-state index in [-0.39, 0.29) is 0 Å². The van der Waals surface area contributed by atoms with Crippen molar-refractivity contribution in [3.05, 3.63) is 277 Å². The van der Waals surface area contributed by atoms with Crippen LogP contribution in [0.5, 0.6) is 0 Å². The minimum Gasteiger partial charge on any atom is -0.310 e. The molecule has 2 heteroatoms. The molecule has 1 aromatic heterocycles. The largest absolute Gasteiger partial charge is 0.310 e. The van der Waals surface area contributed by atoms with E-state index in [1.165, 1.54) is 99.3 Å². The van der Waals surface area contributed by atoms with Gasteiger partial charge in [0.15, 0.2) is 0 Å². The van der Waals surface area contributed by atoms with Gasteiger partial charge in [-0.2, -0.15) is 0 Å². The van der Waals surface area contributed by atoms with Crippen LogP contribution in [0.2, 0.25) is 0 Å². The van der Waals surface area contributed by atoms with E-state index < -0.39 is 5.41 Å². The average molecular weight is 851 g/mol. The van der Waals surface area contributed by atoms with Crippen molar-refractivity contribution in [2.24, 2.45) is 0 Å². The van der Waals surface area contributed by atoms with E-state index in [0.717, 1.165) is 22.7 Å². The highest BCUT2D eigenvalue weighted by Gasteiger charge is 2.51. The van der Waals surface area contributed by atoms with Crippen molar-refractivity contribution in [2.45, 2.75) is 5.41 Å². The number of fused-ring (bicyclic) bond motifs is 14. The molecule has 0 amide bonds. The van der Waals surface area contributed by atoms with E-state index in [1.807, 2.05) is 0 Å². The summed E-state index contributed by atoms with van der Waals surface area (Å²) >= 11 is 0. The van der Waals surface area contributed by atoms with Crippen LogP contribution in [0.15, 0.2) is 255 Å². The Balaban J connectivity index is 0.908. The lowest BCUT2D eigenvalue weighted by molar-refractivity contribution is 0.793. The number of aromatic nitrogens is 1. The Hall–Kier alpha value is -8.72. The van der Waals surface area contributed by atoms with Crippen LogP contribution < -0.4 is 4.90 Å². The topological polar surface area (TPSA) is 8.17 Å².